The molecule has 0 aromatic heterocycles. The molecule has 4 heteroatoms. The normalized spacial score (nSPS) is 21.6. The maximum atomic E-state index is 13.5. The van der Waals surface area contributed by atoms with Gasteiger partial charge in [0, 0.05) is 18.5 Å². The Bertz CT molecular complexity index is 419. The van der Waals surface area contributed by atoms with E-state index >= 15 is 0 Å². The summed E-state index contributed by atoms with van der Waals surface area (Å²) in [5, 5.41) is 0. The summed E-state index contributed by atoms with van der Waals surface area (Å²) in [4.78, 5) is 1.83. The minimum Gasteiger partial charge on any atom is -0.397 e. The fraction of sp³-hybridized carbons (Fsp3) is 0.455. The van der Waals surface area contributed by atoms with Gasteiger partial charge in [-0.1, -0.05) is 0 Å². The lowest BCUT2D eigenvalue weighted by atomic mass is 9.95. The first kappa shape index (κ1) is 8.95. The Hall–Kier alpha value is -1.32. The molecule has 15 heavy (non-hydrogen) atoms. The molecule has 1 aliphatic heterocycles. The van der Waals surface area contributed by atoms with Crippen LogP contribution in [0.25, 0.3) is 0 Å². The highest BCUT2D eigenvalue weighted by Crippen LogP contribution is 2.54. The van der Waals surface area contributed by atoms with Gasteiger partial charge < -0.3 is 10.6 Å². The molecule has 1 spiro atoms. The Morgan fingerprint density at radius 1 is 1.20 bits per heavy atom. The smallest absolute Gasteiger partial charge is 0.184 e. The van der Waals surface area contributed by atoms with Crippen molar-refractivity contribution < 1.29 is 8.78 Å². The lowest BCUT2D eigenvalue weighted by Gasteiger charge is -2.42. The highest BCUT2D eigenvalue weighted by molar-refractivity contribution is 5.70. The summed E-state index contributed by atoms with van der Waals surface area (Å²) in [6.07, 6.45) is 2.42. The zero-order chi connectivity index (χ0) is 10.6. The lowest BCUT2D eigenvalue weighted by Crippen LogP contribution is -2.49. The Labute approximate surface area is 86.7 Å². The predicted octanol–water partition coefficient (Wildman–Crippen LogP) is 2.15. The number of hydrogen-bond acceptors (Lipinski definition) is 2. The van der Waals surface area contributed by atoms with Crippen LogP contribution in [0, 0.1) is 17.0 Å². The van der Waals surface area contributed by atoms with Crippen LogP contribution in [0.3, 0.4) is 0 Å². The van der Waals surface area contributed by atoms with Crippen molar-refractivity contribution >= 4 is 11.4 Å². The molecule has 0 unspecified atom stereocenters. The van der Waals surface area contributed by atoms with Crippen LogP contribution in [0.1, 0.15) is 12.8 Å². The highest BCUT2D eigenvalue weighted by atomic mass is 19.2. The van der Waals surface area contributed by atoms with E-state index in [9.17, 15) is 8.78 Å². The summed E-state index contributed by atoms with van der Waals surface area (Å²) in [5.74, 6) is -1.64. The van der Waals surface area contributed by atoms with E-state index in [-0.39, 0.29) is 5.69 Å². The van der Waals surface area contributed by atoms with Crippen LogP contribution >= 0.6 is 0 Å². The maximum Gasteiger partial charge on any atom is 0.184 e. The minimum absolute atomic E-state index is 0.243. The molecule has 3 rings (SSSR count). The number of anilines is 2. The summed E-state index contributed by atoms with van der Waals surface area (Å²) in [6, 6.07) is 2.49. The molecule has 80 valence electrons. The third-order valence-electron chi connectivity index (χ3n) is 3.43. The van der Waals surface area contributed by atoms with Crippen molar-refractivity contribution in [2.45, 2.75) is 12.8 Å². The molecule has 1 heterocycles. The van der Waals surface area contributed by atoms with E-state index in [0.29, 0.717) is 11.1 Å². The summed E-state index contributed by atoms with van der Waals surface area (Å²) in [5.41, 5.74) is 6.64. The topological polar surface area (TPSA) is 29.3 Å². The van der Waals surface area contributed by atoms with E-state index in [0.717, 1.165) is 19.2 Å². The minimum atomic E-state index is -0.823. The summed E-state index contributed by atoms with van der Waals surface area (Å²) < 4.78 is 26.5. The average molecular weight is 210 g/mol. The number of nitrogens with zero attached hydrogens (tertiary/aromatic N) is 1. The molecule has 1 saturated carbocycles. The molecule has 2 nitrogen and oxygen atoms in total. The first-order valence-corrected chi connectivity index (χ1v) is 5.10. The van der Waals surface area contributed by atoms with E-state index in [4.69, 9.17) is 5.73 Å². The van der Waals surface area contributed by atoms with Crippen molar-refractivity contribution in [2.75, 3.05) is 23.7 Å². The van der Waals surface area contributed by atoms with Crippen molar-refractivity contribution in [3.63, 3.8) is 0 Å². The highest BCUT2D eigenvalue weighted by Gasteiger charge is 2.53. The lowest BCUT2D eigenvalue weighted by molar-refractivity contribution is 0.379. The summed E-state index contributed by atoms with van der Waals surface area (Å²) in [6.45, 7) is 1.63. The quantitative estimate of drug-likeness (QED) is 0.719. The van der Waals surface area contributed by atoms with Gasteiger partial charge in [0.2, 0.25) is 0 Å². The van der Waals surface area contributed by atoms with E-state index in [1.54, 1.807) is 0 Å². The average Bonchev–Trinajstić information content (AvgIpc) is 2.91. The van der Waals surface area contributed by atoms with Crippen molar-refractivity contribution in [1.29, 1.82) is 0 Å². The van der Waals surface area contributed by atoms with Crippen molar-refractivity contribution in [3.05, 3.63) is 23.8 Å². The molecular formula is C11H12F2N2. The fourth-order valence-electron chi connectivity index (χ4n) is 2.29. The van der Waals surface area contributed by atoms with Gasteiger partial charge in [0.05, 0.1) is 11.4 Å². The third-order valence-corrected chi connectivity index (χ3v) is 3.43. The molecule has 2 aliphatic rings. The Kier molecular flexibility index (Phi) is 1.56. The Morgan fingerprint density at radius 3 is 2.47 bits per heavy atom. The molecule has 1 aromatic carbocycles. The van der Waals surface area contributed by atoms with E-state index < -0.39 is 11.6 Å². The van der Waals surface area contributed by atoms with Crippen LogP contribution in [-0.2, 0) is 0 Å². The van der Waals surface area contributed by atoms with E-state index in [1.165, 1.54) is 18.9 Å². The van der Waals surface area contributed by atoms with Gasteiger partial charge in [0.1, 0.15) is 0 Å². The number of halogens is 2. The second-order valence-corrected chi connectivity index (χ2v) is 4.66. The van der Waals surface area contributed by atoms with Gasteiger partial charge in [-0.05, 0) is 25.0 Å². The Balaban J connectivity index is 1.94. The molecule has 0 atom stereocenters. The molecule has 1 aromatic rings. The second-order valence-electron chi connectivity index (χ2n) is 4.66. The van der Waals surface area contributed by atoms with Crippen LogP contribution < -0.4 is 10.6 Å². The zero-order valence-electron chi connectivity index (χ0n) is 8.26. The standard InChI is InChI=1S/C11H12F2N2/c12-7-1-2-8(14)10(9(7)13)15-5-11(6-15)3-4-11/h1-2H,3-6,14H2. The Morgan fingerprint density at radius 2 is 1.87 bits per heavy atom. The number of nitrogen functional groups attached to an aromatic ring is 1. The van der Waals surface area contributed by atoms with Gasteiger partial charge in [0.25, 0.3) is 0 Å². The molecule has 1 saturated heterocycles. The number of hydrogen-bond donors (Lipinski definition) is 1. The summed E-state index contributed by atoms with van der Waals surface area (Å²) in [7, 11) is 0. The summed E-state index contributed by atoms with van der Waals surface area (Å²) >= 11 is 0. The van der Waals surface area contributed by atoms with Gasteiger partial charge in [-0.3, -0.25) is 0 Å². The van der Waals surface area contributed by atoms with Crippen LogP contribution in [0.4, 0.5) is 20.2 Å². The number of nitrogens with two attached hydrogens (primary N) is 1. The molecule has 0 amide bonds. The number of rotatable bonds is 1. The molecule has 0 bridgehead atoms. The van der Waals surface area contributed by atoms with Crippen molar-refractivity contribution in [2.24, 2.45) is 5.41 Å². The maximum absolute atomic E-state index is 13.5. The van der Waals surface area contributed by atoms with Crippen molar-refractivity contribution in [1.82, 2.24) is 0 Å². The van der Waals surface area contributed by atoms with E-state index in [2.05, 4.69) is 0 Å². The molecule has 2 fully saturated rings. The molecule has 2 N–H and O–H groups in total. The van der Waals surface area contributed by atoms with Crippen molar-refractivity contribution in [3.8, 4) is 0 Å². The van der Waals surface area contributed by atoms with Crippen LogP contribution in [-0.4, -0.2) is 13.1 Å². The first-order valence-electron chi connectivity index (χ1n) is 5.10. The van der Waals surface area contributed by atoms with Gasteiger partial charge in [-0.25, -0.2) is 8.78 Å². The zero-order valence-corrected chi connectivity index (χ0v) is 8.26. The van der Waals surface area contributed by atoms with Crippen LogP contribution in [0.2, 0.25) is 0 Å². The van der Waals surface area contributed by atoms with E-state index in [1.807, 2.05) is 4.90 Å². The van der Waals surface area contributed by atoms with Gasteiger partial charge in [-0.2, -0.15) is 0 Å². The van der Waals surface area contributed by atoms with Gasteiger partial charge in [0.15, 0.2) is 11.6 Å². The third kappa shape index (κ3) is 1.20. The molecular weight excluding hydrogens is 198 g/mol. The predicted molar refractivity (Wildman–Crippen MR) is 54.7 cm³/mol. The fourth-order valence-corrected chi connectivity index (χ4v) is 2.29. The molecule has 1 aliphatic carbocycles. The first-order chi connectivity index (χ1) is 7.11. The number of benzene rings is 1. The van der Waals surface area contributed by atoms with Gasteiger partial charge in [-0.15, -0.1) is 0 Å². The van der Waals surface area contributed by atoms with Crippen LogP contribution in [0.15, 0.2) is 12.1 Å². The molecule has 0 radical (unpaired) electrons. The largest absolute Gasteiger partial charge is 0.397 e. The second kappa shape index (κ2) is 2.62. The van der Waals surface area contributed by atoms with Gasteiger partial charge >= 0.3 is 0 Å². The van der Waals surface area contributed by atoms with Crippen LogP contribution in [0.5, 0.6) is 0 Å². The SMILES string of the molecule is Nc1ccc(F)c(F)c1N1CC2(CC2)C1. The monoisotopic (exact) mass is 210 g/mol.